The molecule has 19 heavy (non-hydrogen) atoms. The largest absolute Gasteiger partial charge is 0.374 e. The number of ether oxygens (including phenoxy) is 1. The highest BCUT2D eigenvalue weighted by atomic mass is 19.1. The number of halogens is 1. The zero-order chi connectivity index (χ0) is 13.8. The van der Waals surface area contributed by atoms with Crippen LogP contribution in [0.15, 0.2) is 18.2 Å². The summed E-state index contributed by atoms with van der Waals surface area (Å²) in [6.07, 6.45) is 0.219. The van der Waals surface area contributed by atoms with Crippen LogP contribution in [-0.4, -0.2) is 44.3 Å². The number of rotatable bonds is 4. The van der Waals surface area contributed by atoms with E-state index in [-0.39, 0.29) is 18.0 Å². The molecule has 0 aromatic heterocycles. The van der Waals surface area contributed by atoms with E-state index in [1.54, 1.807) is 13.0 Å². The Morgan fingerprint density at radius 3 is 3.00 bits per heavy atom. The minimum atomic E-state index is -0.121. The van der Waals surface area contributed by atoms with Gasteiger partial charge in [0.1, 0.15) is 5.82 Å². The van der Waals surface area contributed by atoms with Gasteiger partial charge >= 0.3 is 0 Å². The van der Waals surface area contributed by atoms with Gasteiger partial charge in [0.2, 0.25) is 0 Å². The number of hydrogen-bond acceptors (Lipinski definition) is 3. The van der Waals surface area contributed by atoms with Crippen LogP contribution in [0.1, 0.15) is 24.1 Å². The number of hydrogen-bond donors (Lipinski definition) is 1. The number of likely N-dealkylation sites (N-methyl/N-ethyl adjacent to an activating group) is 1. The first-order valence-electron chi connectivity index (χ1n) is 6.88. The predicted octanol–water partition coefficient (Wildman–Crippen LogP) is 2.12. The summed E-state index contributed by atoms with van der Waals surface area (Å²) in [5.41, 5.74) is 1.74. The highest BCUT2D eigenvalue weighted by Crippen LogP contribution is 2.24. The summed E-state index contributed by atoms with van der Waals surface area (Å²) in [6.45, 7) is 7.30. The zero-order valence-corrected chi connectivity index (χ0v) is 11.9. The van der Waals surface area contributed by atoms with Crippen LogP contribution in [0.2, 0.25) is 0 Å². The van der Waals surface area contributed by atoms with Crippen molar-refractivity contribution in [1.29, 1.82) is 0 Å². The van der Waals surface area contributed by atoms with Crippen molar-refractivity contribution in [2.75, 3.05) is 33.3 Å². The second-order valence-electron chi connectivity index (χ2n) is 5.23. The van der Waals surface area contributed by atoms with Gasteiger partial charge in [-0.2, -0.15) is 0 Å². The van der Waals surface area contributed by atoms with Crippen LogP contribution < -0.4 is 5.32 Å². The molecule has 2 unspecified atom stereocenters. The third kappa shape index (κ3) is 3.53. The van der Waals surface area contributed by atoms with Crippen molar-refractivity contribution in [2.24, 2.45) is 0 Å². The molecule has 0 amide bonds. The van der Waals surface area contributed by atoms with Crippen LogP contribution >= 0.6 is 0 Å². The molecule has 1 saturated heterocycles. The lowest BCUT2D eigenvalue weighted by Gasteiger charge is -2.37. The average Bonchev–Trinajstić information content (AvgIpc) is 2.42. The van der Waals surface area contributed by atoms with Crippen molar-refractivity contribution in [3.05, 3.63) is 35.1 Å². The molecule has 1 aromatic rings. The molecule has 0 saturated carbocycles. The number of benzene rings is 1. The molecule has 1 aromatic carbocycles. The summed E-state index contributed by atoms with van der Waals surface area (Å²) < 4.78 is 19.4. The zero-order valence-electron chi connectivity index (χ0n) is 11.9. The first-order valence-corrected chi connectivity index (χ1v) is 6.88. The Bertz CT molecular complexity index is 423. The maximum Gasteiger partial charge on any atom is 0.126 e. The van der Waals surface area contributed by atoms with E-state index in [1.165, 1.54) is 0 Å². The quantitative estimate of drug-likeness (QED) is 0.903. The van der Waals surface area contributed by atoms with Gasteiger partial charge in [0.05, 0.1) is 12.7 Å². The van der Waals surface area contributed by atoms with E-state index >= 15 is 0 Å². The molecule has 1 N–H and O–H groups in total. The molecule has 1 heterocycles. The van der Waals surface area contributed by atoms with Crippen molar-refractivity contribution >= 4 is 0 Å². The summed E-state index contributed by atoms with van der Waals surface area (Å²) in [6, 6.07) is 5.75. The van der Waals surface area contributed by atoms with Gasteiger partial charge in [-0.15, -0.1) is 0 Å². The van der Waals surface area contributed by atoms with Gasteiger partial charge in [0.25, 0.3) is 0 Å². The molecule has 1 aliphatic heterocycles. The van der Waals surface area contributed by atoms with E-state index in [4.69, 9.17) is 4.74 Å². The fourth-order valence-electron chi connectivity index (χ4n) is 2.52. The summed E-state index contributed by atoms with van der Waals surface area (Å²) in [5, 5.41) is 3.14. The second-order valence-corrected chi connectivity index (χ2v) is 5.23. The standard InChI is InChI=1S/C15H23FN2O/c1-11-4-5-13(8-15(11)16)12(2)18-6-7-19-14(10-18)9-17-3/h4-5,8,12,14,17H,6-7,9-10H2,1-3H3. The van der Waals surface area contributed by atoms with E-state index in [9.17, 15) is 4.39 Å². The Morgan fingerprint density at radius 2 is 2.32 bits per heavy atom. The van der Waals surface area contributed by atoms with Crippen LogP contribution in [-0.2, 0) is 4.74 Å². The van der Waals surface area contributed by atoms with Crippen LogP contribution in [0.3, 0.4) is 0 Å². The van der Waals surface area contributed by atoms with E-state index in [1.807, 2.05) is 19.2 Å². The van der Waals surface area contributed by atoms with E-state index < -0.39 is 0 Å². The molecular formula is C15H23FN2O. The number of aryl methyl sites for hydroxylation is 1. The molecule has 0 radical (unpaired) electrons. The Balaban J connectivity index is 2.05. The molecule has 4 heteroatoms. The molecule has 106 valence electrons. The van der Waals surface area contributed by atoms with Crippen molar-refractivity contribution in [3.8, 4) is 0 Å². The van der Waals surface area contributed by atoms with Crippen molar-refractivity contribution in [1.82, 2.24) is 10.2 Å². The SMILES string of the molecule is CNCC1CN(C(C)c2ccc(C)c(F)c2)CCO1. The molecule has 3 nitrogen and oxygen atoms in total. The first-order chi connectivity index (χ1) is 9.11. The Morgan fingerprint density at radius 1 is 1.53 bits per heavy atom. The highest BCUT2D eigenvalue weighted by molar-refractivity contribution is 5.25. The summed E-state index contributed by atoms with van der Waals surface area (Å²) in [5.74, 6) is -0.121. The topological polar surface area (TPSA) is 24.5 Å². The number of nitrogens with one attached hydrogen (secondary N) is 1. The fraction of sp³-hybridized carbons (Fsp3) is 0.600. The monoisotopic (exact) mass is 266 g/mol. The maximum absolute atomic E-state index is 13.7. The molecular weight excluding hydrogens is 243 g/mol. The van der Waals surface area contributed by atoms with E-state index in [0.717, 1.165) is 31.8 Å². The van der Waals surface area contributed by atoms with Crippen LogP contribution in [0.4, 0.5) is 4.39 Å². The van der Waals surface area contributed by atoms with Crippen molar-refractivity contribution < 1.29 is 9.13 Å². The minimum Gasteiger partial charge on any atom is -0.374 e. The van der Waals surface area contributed by atoms with Gasteiger partial charge in [0.15, 0.2) is 0 Å². The average molecular weight is 266 g/mol. The molecule has 0 bridgehead atoms. The van der Waals surface area contributed by atoms with Crippen LogP contribution in [0.25, 0.3) is 0 Å². The Kier molecular flexibility index (Phi) is 4.91. The minimum absolute atomic E-state index is 0.121. The predicted molar refractivity (Wildman–Crippen MR) is 74.8 cm³/mol. The maximum atomic E-state index is 13.7. The Hall–Kier alpha value is -0.970. The Labute approximate surface area is 114 Å². The number of morpholine rings is 1. The molecule has 0 aliphatic carbocycles. The van der Waals surface area contributed by atoms with E-state index in [0.29, 0.717) is 5.56 Å². The summed E-state index contributed by atoms with van der Waals surface area (Å²) in [4.78, 5) is 2.36. The van der Waals surface area contributed by atoms with Gasteiger partial charge < -0.3 is 10.1 Å². The third-order valence-corrected chi connectivity index (χ3v) is 3.83. The fourth-order valence-corrected chi connectivity index (χ4v) is 2.52. The van der Waals surface area contributed by atoms with E-state index in [2.05, 4.69) is 17.1 Å². The van der Waals surface area contributed by atoms with Crippen molar-refractivity contribution in [2.45, 2.75) is 26.0 Å². The van der Waals surface area contributed by atoms with Crippen LogP contribution in [0.5, 0.6) is 0 Å². The summed E-state index contributed by atoms with van der Waals surface area (Å²) in [7, 11) is 1.93. The van der Waals surface area contributed by atoms with Gasteiger partial charge in [-0.1, -0.05) is 12.1 Å². The van der Waals surface area contributed by atoms with Crippen molar-refractivity contribution in [3.63, 3.8) is 0 Å². The molecule has 0 spiro atoms. The van der Waals surface area contributed by atoms with Gasteiger partial charge in [-0.3, -0.25) is 4.90 Å². The lowest BCUT2D eigenvalue weighted by molar-refractivity contribution is -0.0393. The second kappa shape index (κ2) is 6.46. The normalized spacial score (nSPS) is 22.4. The third-order valence-electron chi connectivity index (χ3n) is 3.83. The smallest absolute Gasteiger partial charge is 0.126 e. The summed E-state index contributed by atoms with van der Waals surface area (Å²) >= 11 is 0. The molecule has 2 rings (SSSR count). The highest BCUT2D eigenvalue weighted by Gasteiger charge is 2.24. The van der Waals surface area contributed by atoms with Crippen LogP contribution in [0, 0.1) is 12.7 Å². The lowest BCUT2D eigenvalue weighted by atomic mass is 10.0. The number of nitrogens with zero attached hydrogens (tertiary/aromatic N) is 1. The molecule has 2 atom stereocenters. The first kappa shape index (κ1) is 14.4. The molecule has 1 aliphatic rings. The van der Waals surface area contributed by atoms with Gasteiger partial charge in [0, 0.05) is 25.7 Å². The lowest BCUT2D eigenvalue weighted by Crippen LogP contribution is -2.46. The van der Waals surface area contributed by atoms with Gasteiger partial charge in [-0.05, 0) is 38.1 Å². The molecule has 1 fully saturated rings. The van der Waals surface area contributed by atoms with Gasteiger partial charge in [-0.25, -0.2) is 4.39 Å².